The smallest absolute Gasteiger partial charge is 0.404 e. The molecular formula is C12H10Cl2N2O3. The van der Waals surface area contributed by atoms with E-state index < -0.39 is 4.92 Å². The number of furan rings is 1. The number of nitrogens with zero attached hydrogens (tertiary/aromatic N) is 1. The first-order valence-electron chi connectivity index (χ1n) is 5.39. The van der Waals surface area contributed by atoms with Gasteiger partial charge in [-0.05, 0) is 30.8 Å². The van der Waals surface area contributed by atoms with E-state index in [9.17, 15) is 10.1 Å². The molecule has 0 bridgehead atoms. The minimum Gasteiger partial charge on any atom is -0.404 e. The molecule has 0 saturated carbocycles. The van der Waals surface area contributed by atoms with Gasteiger partial charge in [-0.15, -0.1) is 0 Å². The van der Waals surface area contributed by atoms with Crippen LogP contribution >= 0.6 is 23.2 Å². The van der Waals surface area contributed by atoms with Gasteiger partial charge >= 0.3 is 5.88 Å². The third-order valence-electron chi connectivity index (χ3n) is 2.64. The summed E-state index contributed by atoms with van der Waals surface area (Å²) in [5.41, 5.74) is 0.734. The highest BCUT2D eigenvalue weighted by atomic mass is 35.5. The lowest BCUT2D eigenvalue weighted by Gasteiger charge is -2.15. The van der Waals surface area contributed by atoms with E-state index in [2.05, 4.69) is 5.32 Å². The molecule has 5 nitrogen and oxygen atoms in total. The highest BCUT2D eigenvalue weighted by Gasteiger charge is 2.22. The molecule has 0 spiro atoms. The van der Waals surface area contributed by atoms with Gasteiger partial charge in [-0.1, -0.05) is 29.3 Å². The van der Waals surface area contributed by atoms with Crippen LogP contribution in [0.3, 0.4) is 0 Å². The summed E-state index contributed by atoms with van der Waals surface area (Å²) in [6, 6.07) is 7.54. The van der Waals surface area contributed by atoms with Crippen molar-refractivity contribution >= 4 is 29.1 Å². The Morgan fingerprint density at radius 2 is 2.05 bits per heavy atom. The lowest BCUT2D eigenvalue weighted by atomic mass is 10.0. The molecule has 1 unspecified atom stereocenters. The average Bonchev–Trinajstić information content (AvgIpc) is 2.82. The Morgan fingerprint density at radius 3 is 2.58 bits per heavy atom. The summed E-state index contributed by atoms with van der Waals surface area (Å²) in [6.07, 6.45) is 0. The van der Waals surface area contributed by atoms with Crippen molar-refractivity contribution in [2.45, 2.75) is 6.04 Å². The third-order valence-corrected chi connectivity index (χ3v) is 3.20. The fourth-order valence-electron chi connectivity index (χ4n) is 1.78. The van der Waals surface area contributed by atoms with Gasteiger partial charge in [0, 0.05) is 10.0 Å². The zero-order valence-corrected chi connectivity index (χ0v) is 11.4. The lowest BCUT2D eigenvalue weighted by molar-refractivity contribution is -0.402. The molecule has 0 aliphatic carbocycles. The van der Waals surface area contributed by atoms with Crippen LogP contribution in [-0.2, 0) is 0 Å². The van der Waals surface area contributed by atoms with Crippen LogP contribution in [0.1, 0.15) is 17.4 Å². The standard InChI is InChI=1S/C12H10Cl2N2O3/c1-15-12(8-3-2-7(13)6-9(8)14)10-4-5-11(19-10)16(17)18/h2-6,12,15H,1H3. The topological polar surface area (TPSA) is 68.3 Å². The molecule has 0 radical (unpaired) electrons. The Balaban J connectivity index is 2.40. The predicted molar refractivity (Wildman–Crippen MR) is 72.7 cm³/mol. The SMILES string of the molecule is CNC(c1ccc([N+](=O)[O-])o1)c1ccc(Cl)cc1Cl. The summed E-state index contributed by atoms with van der Waals surface area (Å²) < 4.78 is 5.18. The van der Waals surface area contributed by atoms with Crippen molar-refractivity contribution in [2.75, 3.05) is 7.05 Å². The third kappa shape index (κ3) is 2.89. The molecule has 0 aliphatic rings. The highest BCUT2D eigenvalue weighted by molar-refractivity contribution is 6.35. The van der Waals surface area contributed by atoms with E-state index in [1.54, 1.807) is 31.3 Å². The Kier molecular flexibility index (Phi) is 4.09. The van der Waals surface area contributed by atoms with Crippen LogP contribution in [-0.4, -0.2) is 12.0 Å². The van der Waals surface area contributed by atoms with E-state index >= 15 is 0 Å². The minimum atomic E-state index is -0.584. The average molecular weight is 301 g/mol. The predicted octanol–water partition coefficient (Wildman–Crippen LogP) is 3.80. The molecule has 19 heavy (non-hydrogen) atoms. The Labute approximate surface area is 119 Å². The second-order valence-electron chi connectivity index (χ2n) is 3.82. The van der Waals surface area contributed by atoms with Gasteiger partial charge in [-0.25, -0.2) is 0 Å². The number of halogens is 2. The molecule has 0 aliphatic heterocycles. The summed E-state index contributed by atoms with van der Waals surface area (Å²) >= 11 is 12.0. The molecule has 1 aromatic heterocycles. The molecule has 2 aromatic rings. The summed E-state index contributed by atoms with van der Waals surface area (Å²) in [5.74, 6) is 0.110. The quantitative estimate of drug-likeness (QED) is 0.689. The second kappa shape index (κ2) is 5.61. The van der Waals surface area contributed by atoms with Crippen molar-refractivity contribution in [1.29, 1.82) is 0 Å². The van der Waals surface area contributed by atoms with Crippen molar-refractivity contribution in [3.63, 3.8) is 0 Å². The molecule has 1 heterocycles. The molecule has 100 valence electrons. The number of benzene rings is 1. The fraction of sp³-hybridized carbons (Fsp3) is 0.167. The van der Waals surface area contributed by atoms with E-state index in [4.69, 9.17) is 27.6 Å². The number of nitrogens with one attached hydrogen (secondary N) is 1. The maximum Gasteiger partial charge on any atom is 0.433 e. The number of nitro groups is 1. The van der Waals surface area contributed by atoms with Crippen molar-refractivity contribution in [3.8, 4) is 0 Å². The molecule has 0 saturated heterocycles. The first-order chi connectivity index (χ1) is 9.02. The molecule has 0 fully saturated rings. The van der Waals surface area contributed by atoms with Crippen molar-refractivity contribution < 1.29 is 9.34 Å². The maximum atomic E-state index is 10.6. The number of rotatable bonds is 4. The first kappa shape index (κ1) is 13.9. The van der Waals surface area contributed by atoms with Crippen molar-refractivity contribution in [2.24, 2.45) is 0 Å². The highest BCUT2D eigenvalue weighted by Crippen LogP contribution is 2.32. The molecule has 1 N–H and O–H groups in total. The molecule has 2 rings (SSSR count). The van der Waals surface area contributed by atoms with Crippen molar-refractivity contribution in [3.05, 3.63) is 61.8 Å². The van der Waals surface area contributed by atoms with Gasteiger partial charge in [0.05, 0.1) is 12.1 Å². The van der Waals surface area contributed by atoms with Crippen LogP contribution < -0.4 is 5.32 Å². The molecule has 1 atom stereocenters. The minimum absolute atomic E-state index is 0.305. The second-order valence-corrected chi connectivity index (χ2v) is 4.66. The molecule has 0 amide bonds. The largest absolute Gasteiger partial charge is 0.433 e. The maximum absolute atomic E-state index is 10.6. The zero-order valence-electron chi connectivity index (χ0n) is 9.89. The van der Waals surface area contributed by atoms with Crippen LogP contribution in [0, 0.1) is 10.1 Å². The van der Waals surface area contributed by atoms with Gasteiger partial charge < -0.3 is 9.73 Å². The van der Waals surface area contributed by atoms with E-state index in [0.717, 1.165) is 5.56 Å². The molecular weight excluding hydrogens is 291 g/mol. The summed E-state index contributed by atoms with van der Waals surface area (Å²) in [6.45, 7) is 0. The zero-order chi connectivity index (χ0) is 14.0. The van der Waals surface area contributed by atoms with Gasteiger partial charge in [-0.3, -0.25) is 10.1 Å². The van der Waals surface area contributed by atoms with Gasteiger partial charge in [0.2, 0.25) is 0 Å². The first-order valence-corrected chi connectivity index (χ1v) is 6.15. The Morgan fingerprint density at radius 1 is 1.32 bits per heavy atom. The van der Waals surface area contributed by atoms with Crippen molar-refractivity contribution in [1.82, 2.24) is 5.32 Å². The van der Waals surface area contributed by atoms with E-state index in [-0.39, 0.29) is 11.9 Å². The fourth-order valence-corrected chi connectivity index (χ4v) is 2.30. The number of hydrogen-bond donors (Lipinski definition) is 1. The summed E-state index contributed by atoms with van der Waals surface area (Å²) in [4.78, 5) is 10.0. The van der Waals surface area contributed by atoms with Gasteiger partial charge in [0.15, 0.2) is 0 Å². The van der Waals surface area contributed by atoms with Gasteiger partial charge in [0.1, 0.15) is 10.7 Å². The Hall–Kier alpha value is -1.56. The monoisotopic (exact) mass is 300 g/mol. The van der Waals surface area contributed by atoms with Crippen LogP contribution in [0.15, 0.2) is 34.7 Å². The Bertz CT molecular complexity index is 613. The van der Waals surface area contributed by atoms with Crippen LogP contribution in [0.5, 0.6) is 0 Å². The number of hydrogen-bond acceptors (Lipinski definition) is 4. The van der Waals surface area contributed by atoms with Gasteiger partial charge in [0.25, 0.3) is 0 Å². The molecule has 7 heteroatoms. The van der Waals surface area contributed by atoms with Gasteiger partial charge in [-0.2, -0.15) is 0 Å². The van der Waals surface area contributed by atoms with E-state index in [1.165, 1.54) is 6.07 Å². The normalized spacial score (nSPS) is 12.4. The summed E-state index contributed by atoms with van der Waals surface area (Å²) in [7, 11) is 1.71. The molecule has 1 aromatic carbocycles. The van der Waals surface area contributed by atoms with Crippen LogP contribution in [0.4, 0.5) is 5.88 Å². The van der Waals surface area contributed by atoms with Crippen LogP contribution in [0.2, 0.25) is 10.0 Å². The lowest BCUT2D eigenvalue weighted by Crippen LogP contribution is -2.17. The van der Waals surface area contributed by atoms with E-state index in [1.807, 2.05) is 0 Å². The summed E-state index contributed by atoms with van der Waals surface area (Å²) in [5, 5.41) is 14.6. The van der Waals surface area contributed by atoms with E-state index in [0.29, 0.717) is 15.8 Å². The van der Waals surface area contributed by atoms with Crippen LogP contribution in [0.25, 0.3) is 0 Å².